The molecule has 1 N–H and O–H groups in total. The monoisotopic (exact) mass is 382 g/mol. The fourth-order valence-corrected chi connectivity index (χ4v) is 5.15. The van der Waals surface area contributed by atoms with Crippen molar-refractivity contribution in [1.29, 1.82) is 0 Å². The van der Waals surface area contributed by atoms with Crippen LogP contribution < -0.4 is 0 Å². The molecule has 1 fully saturated rings. The Morgan fingerprint density at radius 1 is 1.40 bits per heavy atom. The van der Waals surface area contributed by atoms with Gasteiger partial charge in [-0.1, -0.05) is 11.2 Å². The van der Waals surface area contributed by atoms with Crippen LogP contribution in [-0.4, -0.2) is 42.0 Å². The van der Waals surface area contributed by atoms with E-state index in [1.807, 2.05) is 17.5 Å². The molecule has 0 unspecified atom stereocenters. The van der Waals surface area contributed by atoms with Crippen LogP contribution in [0.25, 0.3) is 12.2 Å². The van der Waals surface area contributed by atoms with E-state index in [1.54, 1.807) is 19.1 Å². The molecule has 0 aliphatic carbocycles. The molecule has 3 heterocycles. The van der Waals surface area contributed by atoms with Crippen LogP contribution in [0.2, 0.25) is 0 Å². The fourth-order valence-electron chi connectivity index (χ4n) is 2.81. The van der Waals surface area contributed by atoms with Crippen molar-refractivity contribution in [2.75, 3.05) is 13.1 Å². The van der Waals surface area contributed by atoms with E-state index in [1.165, 1.54) is 15.6 Å². The zero-order chi connectivity index (χ0) is 18.0. The summed E-state index contributed by atoms with van der Waals surface area (Å²) in [6.07, 6.45) is 3.99. The molecular weight excluding hydrogens is 364 g/mol. The van der Waals surface area contributed by atoms with Gasteiger partial charge < -0.3 is 9.63 Å². The zero-order valence-corrected chi connectivity index (χ0v) is 15.2. The van der Waals surface area contributed by atoms with Crippen LogP contribution in [0.15, 0.2) is 26.9 Å². The third-order valence-corrected chi connectivity index (χ3v) is 7.07. The maximum absolute atomic E-state index is 13.0. The van der Waals surface area contributed by atoms with Crippen LogP contribution in [0.5, 0.6) is 0 Å². The number of aliphatic carboxylic acids is 1. The van der Waals surface area contributed by atoms with Gasteiger partial charge in [-0.05, 0) is 43.4 Å². The van der Waals surface area contributed by atoms with E-state index in [0.29, 0.717) is 18.5 Å². The Labute approximate surface area is 149 Å². The van der Waals surface area contributed by atoms with Crippen LogP contribution >= 0.6 is 11.3 Å². The van der Waals surface area contributed by atoms with Crippen molar-refractivity contribution in [2.45, 2.75) is 24.7 Å². The molecule has 9 heteroatoms. The molecule has 0 amide bonds. The SMILES string of the molecule is Cc1noc(/C=C/c2cccs2)c1S(=O)(=O)N1CCC(C(=O)O)CC1. The number of nitrogens with zero attached hydrogens (tertiary/aromatic N) is 2. The van der Waals surface area contributed by atoms with E-state index in [0.717, 1.165) is 4.88 Å². The molecule has 0 aromatic carbocycles. The average Bonchev–Trinajstić information content (AvgIpc) is 3.22. The maximum atomic E-state index is 13.0. The van der Waals surface area contributed by atoms with Gasteiger partial charge in [0, 0.05) is 18.0 Å². The van der Waals surface area contributed by atoms with E-state index in [9.17, 15) is 13.2 Å². The molecule has 1 aliphatic rings. The second-order valence-electron chi connectivity index (χ2n) is 5.83. The molecule has 2 aromatic heterocycles. The lowest BCUT2D eigenvalue weighted by Gasteiger charge is -2.29. The summed E-state index contributed by atoms with van der Waals surface area (Å²) in [5.41, 5.74) is 0.297. The van der Waals surface area contributed by atoms with E-state index >= 15 is 0 Å². The molecule has 134 valence electrons. The molecule has 0 spiro atoms. The first-order valence-electron chi connectivity index (χ1n) is 7.80. The number of carbonyl (C=O) groups is 1. The van der Waals surface area contributed by atoms with Gasteiger partial charge in [0.2, 0.25) is 10.0 Å². The van der Waals surface area contributed by atoms with Crippen molar-refractivity contribution in [3.63, 3.8) is 0 Å². The Hall–Kier alpha value is -1.97. The molecule has 25 heavy (non-hydrogen) atoms. The summed E-state index contributed by atoms with van der Waals surface area (Å²) >= 11 is 1.53. The summed E-state index contributed by atoms with van der Waals surface area (Å²) in [5.74, 6) is -1.18. The standard InChI is InChI=1S/C16H18N2O5S2/c1-11-15(14(23-17-11)5-4-13-3-2-10-24-13)25(21,22)18-8-6-12(7-9-18)16(19)20/h2-5,10,12H,6-9H2,1H3,(H,19,20)/b5-4+. The third kappa shape index (κ3) is 3.68. The minimum Gasteiger partial charge on any atom is -0.481 e. The number of thiophene rings is 1. The van der Waals surface area contributed by atoms with Crippen LogP contribution in [-0.2, 0) is 14.8 Å². The van der Waals surface area contributed by atoms with Crippen molar-refractivity contribution >= 4 is 39.5 Å². The molecule has 0 saturated carbocycles. The lowest BCUT2D eigenvalue weighted by molar-refractivity contribution is -0.142. The van der Waals surface area contributed by atoms with Crippen molar-refractivity contribution in [3.8, 4) is 0 Å². The summed E-state index contributed by atoms with van der Waals surface area (Å²) in [6, 6.07) is 3.81. The number of hydrogen-bond acceptors (Lipinski definition) is 6. The summed E-state index contributed by atoms with van der Waals surface area (Å²) in [4.78, 5) is 12.1. The van der Waals surface area contributed by atoms with E-state index in [4.69, 9.17) is 9.63 Å². The van der Waals surface area contributed by atoms with Gasteiger partial charge in [0.15, 0.2) is 10.7 Å². The molecular formula is C16H18N2O5S2. The first-order valence-corrected chi connectivity index (χ1v) is 10.1. The topological polar surface area (TPSA) is 101 Å². The largest absolute Gasteiger partial charge is 0.481 e. The van der Waals surface area contributed by atoms with Gasteiger partial charge in [0.1, 0.15) is 5.69 Å². The van der Waals surface area contributed by atoms with Crippen LogP contribution in [0, 0.1) is 12.8 Å². The van der Waals surface area contributed by atoms with Gasteiger partial charge in [-0.15, -0.1) is 11.3 Å². The van der Waals surface area contributed by atoms with Crippen LogP contribution in [0.3, 0.4) is 0 Å². The molecule has 3 rings (SSSR count). The van der Waals surface area contributed by atoms with Gasteiger partial charge in [0.25, 0.3) is 0 Å². The number of aryl methyl sites for hydroxylation is 1. The van der Waals surface area contributed by atoms with E-state index in [-0.39, 0.29) is 23.7 Å². The molecule has 0 atom stereocenters. The van der Waals surface area contributed by atoms with Gasteiger partial charge >= 0.3 is 5.97 Å². The highest BCUT2D eigenvalue weighted by Crippen LogP contribution is 2.29. The number of carboxylic acids is 1. The fraction of sp³-hybridized carbons (Fsp3) is 0.375. The Morgan fingerprint density at radius 2 is 2.12 bits per heavy atom. The number of aromatic nitrogens is 1. The van der Waals surface area contributed by atoms with Gasteiger partial charge in [-0.25, -0.2) is 8.42 Å². The van der Waals surface area contributed by atoms with Gasteiger partial charge in [-0.3, -0.25) is 4.79 Å². The van der Waals surface area contributed by atoms with Gasteiger partial charge in [-0.2, -0.15) is 4.31 Å². The number of piperidine rings is 1. The summed E-state index contributed by atoms with van der Waals surface area (Å²) in [5, 5.41) is 14.8. The second kappa shape index (κ2) is 7.11. The lowest BCUT2D eigenvalue weighted by Crippen LogP contribution is -2.40. The minimum absolute atomic E-state index is 0.0501. The highest BCUT2D eigenvalue weighted by molar-refractivity contribution is 7.89. The Morgan fingerprint density at radius 3 is 2.72 bits per heavy atom. The van der Waals surface area contributed by atoms with Crippen LogP contribution in [0.4, 0.5) is 0 Å². The number of rotatable bonds is 5. The highest BCUT2D eigenvalue weighted by Gasteiger charge is 2.35. The predicted octanol–water partition coefficient (Wildman–Crippen LogP) is 2.70. The zero-order valence-electron chi connectivity index (χ0n) is 13.6. The Bertz CT molecular complexity index is 876. The van der Waals surface area contributed by atoms with Crippen molar-refractivity contribution in [2.24, 2.45) is 5.92 Å². The van der Waals surface area contributed by atoms with E-state index < -0.39 is 21.9 Å². The summed E-state index contributed by atoms with van der Waals surface area (Å²) in [6.45, 7) is 1.94. The van der Waals surface area contributed by atoms with Crippen molar-refractivity contribution in [1.82, 2.24) is 9.46 Å². The maximum Gasteiger partial charge on any atom is 0.306 e. The smallest absolute Gasteiger partial charge is 0.306 e. The van der Waals surface area contributed by atoms with Crippen LogP contribution in [0.1, 0.15) is 29.2 Å². The molecule has 0 bridgehead atoms. The first kappa shape index (κ1) is 17.8. The highest BCUT2D eigenvalue weighted by atomic mass is 32.2. The second-order valence-corrected chi connectivity index (χ2v) is 8.68. The van der Waals surface area contributed by atoms with Gasteiger partial charge in [0.05, 0.1) is 5.92 Å². The summed E-state index contributed by atoms with van der Waals surface area (Å²) < 4.78 is 32.5. The first-order chi connectivity index (χ1) is 11.9. The quantitative estimate of drug-likeness (QED) is 0.853. The Balaban J connectivity index is 1.85. The lowest BCUT2D eigenvalue weighted by atomic mass is 9.99. The number of carboxylic acid groups (broad SMARTS) is 1. The molecule has 1 saturated heterocycles. The van der Waals surface area contributed by atoms with Crippen molar-refractivity contribution < 1.29 is 22.8 Å². The Kier molecular flexibility index (Phi) is 5.07. The minimum atomic E-state index is -3.78. The predicted molar refractivity (Wildman–Crippen MR) is 93.6 cm³/mol. The van der Waals surface area contributed by atoms with E-state index in [2.05, 4.69) is 5.16 Å². The third-order valence-electron chi connectivity index (χ3n) is 4.18. The normalized spacial score (nSPS) is 17.3. The summed E-state index contributed by atoms with van der Waals surface area (Å²) in [7, 11) is -3.78. The molecule has 7 nitrogen and oxygen atoms in total. The van der Waals surface area contributed by atoms with Crippen molar-refractivity contribution in [3.05, 3.63) is 33.8 Å². The molecule has 2 aromatic rings. The number of sulfonamides is 1. The average molecular weight is 382 g/mol. The molecule has 0 radical (unpaired) electrons. The molecule has 1 aliphatic heterocycles. The number of hydrogen-bond donors (Lipinski definition) is 1.